The SMILES string of the molecule is CCOC(=O)CS(=O)(=O)Nc1c(Br)cc(Br)cc1C(=O)O. The van der Waals surface area contributed by atoms with Crippen molar-refractivity contribution in [2.45, 2.75) is 6.92 Å². The second-order valence-electron chi connectivity index (χ2n) is 3.78. The van der Waals surface area contributed by atoms with Crippen LogP contribution in [0.5, 0.6) is 0 Å². The minimum Gasteiger partial charge on any atom is -0.478 e. The molecule has 0 aliphatic heterocycles. The maximum Gasteiger partial charge on any atom is 0.337 e. The van der Waals surface area contributed by atoms with Crippen molar-refractivity contribution in [3.05, 3.63) is 26.6 Å². The summed E-state index contributed by atoms with van der Waals surface area (Å²) in [5.41, 5.74) is -0.418. The lowest BCUT2D eigenvalue weighted by Crippen LogP contribution is -2.25. The highest BCUT2D eigenvalue weighted by Crippen LogP contribution is 2.31. The Hall–Kier alpha value is -1.13. The summed E-state index contributed by atoms with van der Waals surface area (Å²) in [6.07, 6.45) is 0. The van der Waals surface area contributed by atoms with Gasteiger partial charge in [-0.2, -0.15) is 0 Å². The van der Waals surface area contributed by atoms with Gasteiger partial charge in [-0.15, -0.1) is 0 Å². The number of sulfonamides is 1. The molecule has 1 rings (SSSR count). The van der Waals surface area contributed by atoms with E-state index in [4.69, 9.17) is 5.11 Å². The van der Waals surface area contributed by atoms with Gasteiger partial charge in [-0.25, -0.2) is 13.2 Å². The molecule has 0 saturated carbocycles. The molecule has 0 aliphatic rings. The molecule has 0 heterocycles. The van der Waals surface area contributed by atoms with Gasteiger partial charge in [0, 0.05) is 8.95 Å². The fraction of sp³-hybridized carbons (Fsp3) is 0.273. The molecule has 0 unspecified atom stereocenters. The van der Waals surface area contributed by atoms with E-state index in [-0.39, 0.29) is 22.3 Å². The van der Waals surface area contributed by atoms with Gasteiger partial charge in [0.1, 0.15) is 0 Å². The van der Waals surface area contributed by atoms with E-state index in [1.54, 1.807) is 6.92 Å². The second-order valence-corrected chi connectivity index (χ2v) is 7.27. The number of carbonyl (C=O) groups excluding carboxylic acids is 1. The molecule has 0 amide bonds. The monoisotopic (exact) mass is 443 g/mol. The van der Waals surface area contributed by atoms with Gasteiger partial charge in [0.15, 0.2) is 5.75 Å². The Balaban J connectivity index is 3.13. The molecule has 0 aliphatic carbocycles. The third-order valence-corrected chi connectivity index (χ3v) is 4.37. The average molecular weight is 445 g/mol. The maximum absolute atomic E-state index is 11.9. The number of carboxylic acid groups (broad SMARTS) is 1. The van der Waals surface area contributed by atoms with Crippen LogP contribution in [-0.2, 0) is 19.6 Å². The summed E-state index contributed by atoms with van der Waals surface area (Å²) in [4.78, 5) is 22.4. The van der Waals surface area contributed by atoms with Crippen molar-refractivity contribution in [3.63, 3.8) is 0 Å². The predicted molar refractivity (Wildman–Crippen MR) is 82.8 cm³/mol. The minimum absolute atomic E-state index is 0.0523. The van der Waals surface area contributed by atoms with Gasteiger partial charge >= 0.3 is 11.9 Å². The van der Waals surface area contributed by atoms with Crippen molar-refractivity contribution >= 4 is 59.5 Å². The Morgan fingerprint density at radius 2 is 1.95 bits per heavy atom. The largest absolute Gasteiger partial charge is 0.478 e. The Kier molecular flexibility index (Phi) is 6.17. The Morgan fingerprint density at radius 3 is 2.48 bits per heavy atom. The number of ether oxygens (including phenoxy) is 1. The van der Waals surface area contributed by atoms with E-state index >= 15 is 0 Å². The van der Waals surface area contributed by atoms with Crippen LogP contribution in [0.25, 0.3) is 0 Å². The van der Waals surface area contributed by atoms with Gasteiger partial charge in [-0.3, -0.25) is 9.52 Å². The normalized spacial score (nSPS) is 11.0. The molecule has 0 radical (unpaired) electrons. The van der Waals surface area contributed by atoms with Crippen molar-refractivity contribution in [1.82, 2.24) is 0 Å². The van der Waals surface area contributed by atoms with Crippen molar-refractivity contribution in [2.24, 2.45) is 0 Å². The van der Waals surface area contributed by atoms with E-state index in [0.29, 0.717) is 4.47 Å². The van der Waals surface area contributed by atoms with Crippen LogP contribution in [-0.4, -0.2) is 37.8 Å². The smallest absolute Gasteiger partial charge is 0.337 e. The number of hydrogen-bond acceptors (Lipinski definition) is 5. The highest BCUT2D eigenvalue weighted by Gasteiger charge is 2.22. The van der Waals surface area contributed by atoms with Crippen LogP contribution < -0.4 is 4.72 Å². The highest BCUT2D eigenvalue weighted by molar-refractivity contribution is 9.11. The molecule has 0 aromatic heterocycles. The topological polar surface area (TPSA) is 110 Å². The first-order valence-electron chi connectivity index (χ1n) is 5.54. The fourth-order valence-corrected chi connectivity index (χ4v) is 3.85. The molecule has 10 heteroatoms. The first-order valence-corrected chi connectivity index (χ1v) is 8.78. The number of carbonyl (C=O) groups is 2. The first-order chi connectivity index (χ1) is 9.66. The Labute approximate surface area is 138 Å². The Bertz CT molecular complexity index is 674. The van der Waals surface area contributed by atoms with Crippen molar-refractivity contribution in [2.75, 3.05) is 17.1 Å². The van der Waals surface area contributed by atoms with Gasteiger partial charge in [0.05, 0.1) is 17.9 Å². The van der Waals surface area contributed by atoms with Crippen LogP contribution in [0.15, 0.2) is 21.1 Å². The number of rotatable bonds is 6. The standard InChI is InChI=1S/C11H11Br2NO6S/c1-2-20-9(15)5-21(18,19)14-10-7(11(16)17)3-6(12)4-8(10)13/h3-4,14H,2,5H2,1H3,(H,16,17). The van der Waals surface area contributed by atoms with Crippen LogP contribution in [0.1, 0.15) is 17.3 Å². The van der Waals surface area contributed by atoms with Gasteiger partial charge < -0.3 is 9.84 Å². The summed E-state index contributed by atoms with van der Waals surface area (Å²) >= 11 is 6.19. The number of aromatic carboxylic acids is 1. The maximum atomic E-state index is 11.9. The summed E-state index contributed by atoms with van der Waals surface area (Å²) in [6.45, 7) is 1.60. The molecule has 7 nitrogen and oxygen atoms in total. The highest BCUT2D eigenvalue weighted by atomic mass is 79.9. The lowest BCUT2D eigenvalue weighted by atomic mass is 10.2. The number of carboxylic acids is 1. The molecule has 0 fully saturated rings. The molecule has 0 spiro atoms. The molecule has 0 bridgehead atoms. The third kappa shape index (κ3) is 5.29. The van der Waals surface area contributed by atoms with Gasteiger partial charge in [-0.1, -0.05) is 15.9 Å². The van der Waals surface area contributed by atoms with E-state index in [1.807, 2.05) is 0 Å². The number of esters is 1. The number of anilines is 1. The lowest BCUT2D eigenvalue weighted by molar-refractivity contribution is -0.139. The van der Waals surface area contributed by atoms with Crippen molar-refractivity contribution < 1.29 is 27.9 Å². The zero-order chi connectivity index (χ0) is 16.2. The molecule has 21 heavy (non-hydrogen) atoms. The quantitative estimate of drug-likeness (QED) is 0.651. The number of benzene rings is 1. The van der Waals surface area contributed by atoms with Gasteiger partial charge in [-0.05, 0) is 35.0 Å². The van der Waals surface area contributed by atoms with Gasteiger partial charge in [0.25, 0.3) is 0 Å². The average Bonchev–Trinajstić information content (AvgIpc) is 2.31. The number of nitrogens with one attached hydrogen (secondary N) is 1. The molecule has 1 aromatic carbocycles. The van der Waals surface area contributed by atoms with E-state index in [0.717, 1.165) is 0 Å². The first kappa shape index (κ1) is 17.9. The Morgan fingerprint density at radius 1 is 1.33 bits per heavy atom. The molecule has 0 saturated heterocycles. The minimum atomic E-state index is -4.08. The van der Waals surface area contributed by atoms with E-state index in [1.165, 1.54) is 12.1 Å². The zero-order valence-electron chi connectivity index (χ0n) is 10.7. The summed E-state index contributed by atoms with van der Waals surface area (Å²) in [5.74, 6) is -3.14. The van der Waals surface area contributed by atoms with Crippen LogP contribution in [0.4, 0.5) is 5.69 Å². The predicted octanol–water partition coefficient (Wildman–Crippen LogP) is 2.21. The van der Waals surface area contributed by atoms with E-state index in [9.17, 15) is 18.0 Å². The molecule has 116 valence electrons. The number of hydrogen-bond donors (Lipinski definition) is 2. The van der Waals surface area contributed by atoms with Crippen molar-refractivity contribution in [1.29, 1.82) is 0 Å². The van der Waals surface area contributed by atoms with Crippen LogP contribution >= 0.6 is 31.9 Å². The lowest BCUT2D eigenvalue weighted by Gasteiger charge is -2.12. The molecule has 0 atom stereocenters. The van der Waals surface area contributed by atoms with Gasteiger partial charge in [0.2, 0.25) is 10.0 Å². The zero-order valence-corrected chi connectivity index (χ0v) is 14.7. The van der Waals surface area contributed by atoms with E-state index in [2.05, 4.69) is 41.3 Å². The molecule has 2 N–H and O–H groups in total. The van der Waals surface area contributed by atoms with Crippen LogP contribution in [0.3, 0.4) is 0 Å². The summed E-state index contributed by atoms with van der Waals surface area (Å²) in [5, 5.41) is 9.11. The molecular weight excluding hydrogens is 434 g/mol. The van der Waals surface area contributed by atoms with Crippen LogP contribution in [0, 0.1) is 0 Å². The summed E-state index contributed by atoms with van der Waals surface area (Å²) in [6, 6.07) is 2.73. The second kappa shape index (κ2) is 7.23. The van der Waals surface area contributed by atoms with Crippen molar-refractivity contribution in [3.8, 4) is 0 Å². The molecule has 1 aromatic rings. The summed E-state index contributed by atoms with van der Waals surface area (Å²) in [7, 11) is -4.08. The molecular formula is C11H11Br2NO6S. The summed E-state index contributed by atoms with van der Waals surface area (Å²) < 4.78 is 31.0. The van der Waals surface area contributed by atoms with E-state index < -0.39 is 27.7 Å². The number of halogens is 2. The fourth-order valence-electron chi connectivity index (χ4n) is 1.40. The third-order valence-electron chi connectivity index (χ3n) is 2.16. The van der Waals surface area contributed by atoms with Crippen LogP contribution in [0.2, 0.25) is 0 Å².